The first-order chi connectivity index (χ1) is 14.2. The predicted octanol–water partition coefficient (Wildman–Crippen LogP) is 4.71. The van der Waals surface area contributed by atoms with Crippen LogP contribution in [0, 0.1) is 39.2 Å². The molecule has 0 aliphatic heterocycles. The molecule has 0 aliphatic carbocycles. The van der Waals surface area contributed by atoms with E-state index in [1.807, 2.05) is 0 Å². The maximum absolute atomic E-state index is 13.6. The van der Waals surface area contributed by atoms with Crippen LogP contribution in [0.5, 0.6) is 5.75 Å². The largest absolute Gasteiger partial charge is 0.486 e. The van der Waals surface area contributed by atoms with Crippen molar-refractivity contribution in [1.82, 2.24) is 0 Å². The van der Waals surface area contributed by atoms with E-state index < -0.39 is 51.4 Å². The monoisotopic (exact) mass is 428 g/mol. The van der Waals surface area contributed by atoms with Gasteiger partial charge in [0.2, 0.25) is 5.82 Å². The average Bonchev–Trinajstić information content (AvgIpc) is 3.22. The van der Waals surface area contributed by atoms with E-state index in [9.17, 15) is 36.9 Å². The molecule has 0 saturated carbocycles. The van der Waals surface area contributed by atoms with Gasteiger partial charge in [-0.2, -0.15) is 0 Å². The number of carbonyl (C=O) groups is 1. The third-order valence-corrected chi connectivity index (χ3v) is 3.76. The van der Waals surface area contributed by atoms with Gasteiger partial charge in [-0.3, -0.25) is 14.9 Å². The minimum absolute atomic E-state index is 0.0795. The van der Waals surface area contributed by atoms with Crippen molar-refractivity contribution in [2.24, 2.45) is 0 Å². The Hall–Kier alpha value is -3.96. The maximum atomic E-state index is 13.6. The van der Waals surface area contributed by atoms with Crippen LogP contribution in [0.2, 0.25) is 0 Å². The van der Waals surface area contributed by atoms with E-state index in [0.29, 0.717) is 0 Å². The van der Waals surface area contributed by atoms with Crippen LogP contribution in [0.1, 0.15) is 16.3 Å². The Kier molecular flexibility index (Phi) is 5.67. The number of nitro groups is 1. The molecule has 0 spiro atoms. The van der Waals surface area contributed by atoms with Crippen molar-refractivity contribution in [2.45, 2.75) is 6.61 Å². The summed E-state index contributed by atoms with van der Waals surface area (Å²) in [4.78, 5) is 22.0. The van der Waals surface area contributed by atoms with E-state index in [1.165, 1.54) is 30.3 Å². The number of ether oxygens (including phenoxy) is 1. The van der Waals surface area contributed by atoms with Gasteiger partial charge in [0.1, 0.15) is 23.8 Å². The summed E-state index contributed by atoms with van der Waals surface area (Å²) in [5, 5.41) is 12.2. The average molecular weight is 428 g/mol. The molecule has 7 nitrogen and oxygen atoms in total. The summed E-state index contributed by atoms with van der Waals surface area (Å²) in [6.07, 6.45) is 0. The molecule has 0 unspecified atom stereocenters. The van der Waals surface area contributed by atoms with Crippen molar-refractivity contribution in [2.75, 3.05) is 5.32 Å². The Balaban J connectivity index is 1.69. The summed E-state index contributed by atoms with van der Waals surface area (Å²) in [5.41, 5.74) is -1.66. The molecular weight excluding hydrogens is 419 g/mol. The number of hydrogen-bond acceptors (Lipinski definition) is 5. The SMILES string of the molecule is O=C(Nc1c(F)c(F)c(F)c(F)c1F)c1ccc(COc2ccc([N+](=O)[O-])cc2)o1. The molecule has 0 bridgehead atoms. The van der Waals surface area contributed by atoms with Gasteiger partial charge in [0.05, 0.1) is 4.92 Å². The summed E-state index contributed by atoms with van der Waals surface area (Å²) >= 11 is 0. The van der Waals surface area contributed by atoms with Crippen molar-refractivity contribution in [3.05, 3.63) is 87.1 Å². The third-order valence-electron chi connectivity index (χ3n) is 3.76. The fourth-order valence-corrected chi connectivity index (χ4v) is 2.29. The van der Waals surface area contributed by atoms with E-state index in [4.69, 9.17) is 9.15 Å². The van der Waals surface area contributed by atoms with Gasteiger partial charge in [-0.15, -0.1) is 0 Å². The quantitative estimate of drug-likeness (QED) is 0.202. The van der Waals surface area contributed by atoms with Crippen LogP contribution in [0.15, 0.2) is 40.8 Å². The summed E-state index contributed by atoms with van der Waals surface area (Å²) < 4.78 is 77.2. The van der Waals surface area contributed by atoms with Gasteiger partial charge in [-0.25, -0.2) is 22.0 Å². The Bertz CT molecular complexity index is 1100. The fourth-order valence-electron chi connectivity index (χ4n) is 2.29. The maximum Gasteiger partial charge on any atom is 0.291 e. The smallest absolute Gasteiger partial charge is 0.291 e. The highest BCUT2D eigenvalue weighted by Crippen LogP contribution is 2.28. The number of carbonyl (C=O) groups excluding carboxylic acids is 1. The van der Waals surface area contributed by atoms with Crippen LogP contribution >= 0.6 is 0 Å². The molecule has 0 aliphatic rings. The summed E-state index contributed by atoms with van der Waals surface area (Å²) in [5.74, 6) is -12.6. The molecule has 12 heteroatoms. The van der Waals surface area contributed by atoms with Crippen molar-refractivity contribution >= 4 is 17.3 Å². The molecular formula is C18H9F5N2O5. The molecule has 0 saturated heterocycles. The van der Waals surface area contributed by atoms with Crippen LogP contribution < -0.4 is 10.1 Å². The van der Waals surface area contributed by atoms with Crippen LogP contribution in [0.25, 0.3) is 0 Å². The second kappa shape index (κ2) is 8.19. The first kappa shape index (κ1) is 20.8. The first-order valence-corrected chi connectivity index (χ1v) is 7.97. The van der Waals surface area contributed by atoms with Gasteiger partial charge in [0.25, 0.3) is 11.6 Å². The molecule has 1 amide bonds. The normalized spacial score (nSPS) is 10.7. The highest BCUT2D eigenvalue weighted by Gasteiger charge is 2.27. The van der Waals surface area contributed by atoms with Gasteiger partial charge < -0.3 is 14.5 Å². The van der Waals surface area contributed by atoms with Crippen molar-refractivity contribution < 1.29 is 40.8 Å². The number of nitrogens with zero attached hydrogens (tertiary/aromatic N) is 1. The molecule has 0 fully saturated rings. The fraction of sp³-hybridized carbons (Fsp3) is 0.0556. The van der Waals surface area contributed by atoms with Gasteiger partial charge >= 0.3 is 0 Å². The standard InChI is InChI=1S/C18H9F5N2O5/c19-12-13(20)15(22)17(16(23)14(12)21)24-18(26)11-6-5-10(30-11)7-29-9-3-1-8(2-4-9)25(27)28/h1-6H,7H2,(H,24,26). The lowest BCUT2D eigenvalue weighted by Crippen LogP contribution is -2.16. The van der Waals surface area contributed by atoms with E-state index >= 15 is 0 Å². The zero-order valence-electron chi connectivity index (χ0n) is 14.5. The minimum atomic E-state index is -2.35. The molecule has 1 N–H and O–H groups in total. The number of hydrogen-bond donors (Lipinski definition) is 1. The number of rotatable bonds is 6. The van der Waals surface area contributed by atoms with Crippen molar-refractivity contribution in [3.63, 3.8) is 0 Å². The molecule has 3 aromatic rings. The van der Waals surface area contributed by atoms with Crippen molar-refractivity contribution in [1.29, 1.82) is 0 Å². The zero-order valence-corrected chi connectivity index (χ0v) is 14.5. The van der Waals surface area contributed by atoms with Gasteiger partial charge in [-0.1, -0.05) is 0 Å². The molecule has 2 aromatic carbocycles. The number of nitrogens with one attached hydrogen (secondary N) is 1. The van der Waals surface area contributed by atoms with Crippen LogP contribution in [-0.2, 0) is 6.61 Å². The number of nitro benzene ring substituents is 1. The Morgan fingerprint density at radius 2 is 1.50 bits per heavy atom. The Morgan fingerprint density at radius 1 is 0.933 bits per heavy atom. The van der Waals surface area contributed by atoms with E-state index in [0.717, 1.165) is 6.07 Å². The number of anilines is 1. The number of amides is 1. The number of halogens is 5. The number of non-ortho nitro benzene ring substituents is 1. The van der Waals surface area contributed by atoms with Crippen LogP contribution in [0.3, 0.4) is 0 Å². The van der Waals surface area contributed by atoms with Crippen LogP contribution in [-0.4, -0.2) is 10.8 Å². The molecule has 1 aromatic heterocycles. The minimum Gasteiger partial charge on any atom is -0.486 e. The van der Waals surface area contributed by atoms with Gasteiger partial charge in [0, 0.05) is 12.1 Å². The van der Waals surface area contributed by atoms with E-state index in [-0.39, 0.29) is 23.8 Å². The van der Waals surface area contributed by atoms with Crippen molar-refractivity contribution in [3.8, 4) is 5.75 Å². The molecule has 30 heavy (non-hydrogen) atoms. The Labute approximate surface area is 163 Å². The second-order valence-electron chi connectivity index (χ2n) is 5.70. The molecule has 0 atom stereocenters. The topological polar surface area (TPSA) is 94.6 Å². The summed E-state index contributed by atoms with van der Waals surface area (Å²) in [6.45, 7) is -0.215. The molecule has 3 rings (SSSR count). The summed E-state index contributed by atoms with van der Waals surface area (Å²) in [7, 11) is 0. The van der Waals surface area contributed by atoms with Gasteiger partial charge in [0.15, 0.2) is 29.0 Å². The highest BCUT2D eigenvalue weighted by atomic mass is 19.2. The predicted molar refractivity (Wildman–Crippen MR) is 90.3 cm³/mol. The number of furan rings is 1. The Morgan fingerprint density at radius 3 is 2.07 bits per heavy atom. The zero-order chi connectivity index (χ0) is 22.0. The summed E-state index contributed by atoms with van der Waals surface area (Å²) in [6, 6.07) is 7.45. The van der Waals surface area contributed by atoms with E-state index in [1.54, 1.807) is 5.32 Å². The second-order valence-corrected chi connectivity index (χ2v) is 5.70. The molecule has 1 heterocycles. The van der Waals surface area contributed by atoms with Crippen LogP contribution in [0.4, 0.5) is 33.3 Å². The number of benzene rings is 2. The molecule has 0 radical (unpaired) electrons. The lowest BCUT2D eigenvalue weighted by molar-refractivity contribution is -0.384. The highest BCUT2D eigenvalue weighted by molar-refractivity contribution is 6.02. The third kappa shape index (κ3) is 4.06. The lowest BCUT2D eigenvalue weighted by atomic mass is 10.2. The first-order valence-electron chi connectivity index (χ1n) is 7.97. The van der Waals surface area contributed by atoms with Gasteiger partial charge in [-0.05, 0) is 24.3 Å². The molecule has 156 valence electrons. The lowest BCUT2D eigenvalue weighted by Gasteiger charge is -2.08. The van der Waals surface area contributed by atoms with E-state index in [2.05, 4.69) is 0 Å².